The minimum atomic E-state index is -0.459. The van der Waals surface area contributed by atoms with Gasteiger partial charge in [0.1, 0.15) is 6.33 Å². The van der Waals surface area contributed by atoms with Crippen molar-refractivity contribution in [1.82, 2.24) is 25.5 Å². The molecule has 3 rings (SSSR count). The van der Waals surface area contributed by atoms with Gasteiger partial charge in [-0.15, -0.1) is 0 Å². The molecule has 0 spiro atoms. The number of benzene rings is 1. The molecule has 2 amide bonds. The zero-order chi connectivity index (χ0) is 17.5. The highest BCUT2D eigenvalue weighted by Gasteiger charge is 2.31. The van der Waals surface area contributed by atoms with Crippen molar-refractivity contribution in [3.8, 4) is 0 Å². The van der Waals surface area contributed by atoms with Crippen molar-refractivity contribution < 1.29 is 9.59 Å². The van der Waals surface area contributed by atoms with Gasteiger partial charge in [0.2, 0.25) is 11.8 Å². The molecule has 1 unspecified atom stereocenters. The highest BCUT2D eigenvalue weighted by molar-refractivity contribution is 5.88. The standard InChI is InChI=1S/C18H21N5O2/c24-17(21-11-15-6-7-19-13-22-15)10-16-18(25)20-8-9-23(16)12-14-4-2-1-3-5-14/h1-7,13,16H,8-12H2,(H,20,25)(H,21,24). The van der Waals surface area contributed by atoms with Crippen molar-refractivity contribution in [3.63, 3.8) is 0 Å². The van der Waals surface area contributed by atoms with Crippen molar-refractivity contribution in [1.29, 1.82) is 0 Å². The van der Waals surface area contributed by atoms with Crippen molar-refractivity contribution in [2.75, 3.05) is 13.1 Å². The molecule has 1 aromatic carbocycles. The van der Waals surface area contributed by atoms with Gasteiger partial charge in [-0.2, -0.15) is 0 Å². The van der Waals surface area contributed by atoms with Crippen LogP contribution in [0.1, 0.15) is 17.7 Å². The van der Waals surface area contributed by atoms with Crippen LogP contribution < -0.4 is 10.6 Å². The van der Waals surface area contributed by atoms with Crippen LogP contribution in [-0.4, -0.2) is 45.8 Å². The highest BCUT2D eigenvalue weighted by atomic mass is 16.2. The Morgan fingerprint density at radius 2 is 2.12 bits per heavy atom. The van der Waals surface area contributed by atoms with Crippen molar-refractivity contribution in [3.05, 3.63) is 60.2 Å². The van der Waals surface area contributed by atoms with E-state index in [0.717, 1.165) is 17.8 Å². The summed E-state index contributed by atoms with van der Waals surface area (Å²) in [5.74, 6) is -0.266. The van der Waals surface area contributed by atoms with E-state index in [1.807, 2.05) is 30.3 Å². The molecule has 1 saturated heterocycles. The third-order valence-corrected chi connectivity index (χ3v) is 4.16. The number of carbonyl (C=O) groups excluding carboxylic acids is 2. The molecule has 0 radical (unpaired) electrons. The molecule has 25 heavy (non-hydrogen) atoms. The molecule has 130 valence electrons. The predicted octanol–water partition coefficient (Wildman–Crippen LogP) is 0.483. The number of carbonyl (C=O) groups is 2. The molecule has 1 fully saturated rings. The number of hydrogen-bond donors (Lipinski definition) is 2. The number of aromatic nitrogens is 2. The molecule has 2 N–H and O–H groups in total. The Balaban J connectivity index is 1.58. The number of piperazine rings is 1. The van der Waals surface area contributed by atoms with E-state index in [1.54, 1.807) is 12.3 Å². The maximum Gasteiger partial charge on any atom is 0.237 e. The number of hydrogen-bond acceptors (Lipinski definition) is 5. The van der Waals surface area contributed by atoms with E-state index in [2.05, 4.69) is 25.5 Å². The first-order valence-electron chi connectivity index (χ1n) is 8.29. The lowest BCUT2D eigenvalue weighted by Gasteiger charge is -2.34. The Morgan fingerprint density at radius 1 is 1.28 bits per heavy atom. The van der Waals surface area contributed by atoms with Gasteiger partial charge in [-0.05, 0) is 11.6 Å². The molecule has 7 heteroatoms. The van der Waals surface area contributed by atoms with Crippen LogP contribution in [-0.2, 0) is 22.7 Å². The second-order valence-electron chi connectivity index (χ2n) is 5.94. The average molecular weight is 339 g/mol. The number of amides is 2. The normalized spacial score (nSPS) is 17.8. The van der Waals surface area contributed by atoms with Crippen molar-refractivity contribution in [2.45, 2.75) is 25.6 Å². The number of nitrogens with zero attached hydrogens (tertiary/aromatic N) is 3. The van der Waals surface area contributed by atoms with Gasteiger partial charge in [0.05, 0.1) is 24.7 Å². The summed E-state index contributed by atoms with van der Waals surface area (Å²) >= 11 is 0. The van der Waals surface area contributed by atoms with Gasteiger partial charge in [0.25, 0.3) is 0 Å². The zero-order valence-corrected chi connectivity index (χ0v) is 13.9. The van der Waals surface area contributed by atoms with Gasteiger partial charge in [-0.1, -0.05) is 30.3 Å². The Hall–Kier alpha value is -2.80. The SMILES string of the molecule is O=C(CC1C(=O)NCCN1Cc1ccccc1)NCc1ccncn1. The minimum absolute atomic E-state index is 0.0978. The largest absolute Gasteiger partial charge is 0.353 e. The second-order valence-corrected chi connectivity index (χ2v) is 5.94. The quantitative estimate of drug-likeness (QED) is 0.799. The lowest BCUT2D eigenvalue weighted by Crippen LogP contribution is -2.56. The number of rotatable bonds is 6. The zero-order valence-electron chi connectivity index (χ0n) is 13.9. The Kier molecular flexibility index (Phi) is 5.69. The predicted molar refractivity (Wildman–Crippen MR) is 92.1 cm³/mol. The first-order chi connectivity index (χ1) is 12.2. The molecule has 7 nitrogen and oxygen atoms in total. The fourth-order valence-electron chi connectivity index (χ4n) is 2.85. The first kappa shape index (κ1) is 17.0. The molecule has 1 aromatic heterocycles. The monoisotopic (exact) mass is 339 g/mol. The summed E-state index contributed by atoms with van der Waals surface area (Å²) in [6.07, 6.45) is 3.20. The fourth-order valence-corrected chi connectivity index (χ4v) is 2.85. The van der Waals surface area contributed by atoms with E-state index in [1.165, 1.54) is 6.33 Å². The first-order valence-corrected chi connectivity index (χ1v) is 8.29. The van der Waals surface area contributed by atoms with Gasteiger partial charge >= 0.3 is 0 Å². The molecular formula is C18H21N5O2. The lowest BCUT2D eigenvalue weighted by atomic mass is 10.1. The Labute approximate surface area is 146 Å². The highest BCUT2D eigenvalue weighted by Crippen LogP contribution is 2.14. The van der Waals surface area contributed by atoms with Crippen LogP contribution in [0.25, 0.3) is 0 Å². The second kappa shape index (κ2) is 8.34. The summed E-state index contributed by atoms with van der Waals surface area (Å²) in [7, 11) is 0. The van der Waals surface area contributed by atoms with E-state index in [0.29, 0.717) is 19.6 Å². The molecule has 2 aromatic rings. The van der Waals surface area contributed by atoms with Gasteiger partial charge in [-0.3, -0.25) is 14.5 Å². The minimum Gasteiger partial charge on any atom is -0.353 e. The maximum absolute atomic E-state index is 12.3. The molecule has 0 aliphatic carbocycles. The summed E-state index contributed by atoms with van der Waals surface area (Å²) in [6, 6.07) is 11.3. The van der Waals surface area contributed by atoms with Crippen LogP contribution in [0.4, 0.5) is 0 Å². The van der Waals surface area contributed by atoms with Gasteiger partial charge in [0, 0.05) is 25.8 Å². The lowest BCUT2D eigenvalue weighted by molar-refractivity contribution is -0.134. The molecule has 0 saturated carbocycles. The third kappa shape index (κ3) is 4.84. The third-order valence-electron chi connectivity index (χ3n) is 4.16. The van der Waals surface area contributed by atoms with Gasteiger partial charge in [-0.25, -0.2) is 9.97 Å². The number of nitrogens with one attached hydrogen (secondary N) is 2. The van der Waals surface area contributed by atoms with Crippen LogP contribution in [0.3, 0.4) is 0 Å². The smallest absolute Gasteiger partial charge is 0.237 e. The molecule has 2 heterocycles. The van der Waals surface area contributed by atoms with E-state index >= 15 is 0 Å². The molecule has 1 aliphatic heterocycles. The molecule has 0 bridgehead atoms. The molecule has 1 aliphatic rings. The fraction of sp³-hybridized carbons (Fsp3) is 0.333. The van der Waals surface area contributed by atoms with Crippen LogP contribution >= 0.6 is 0 Å². The summed E-state index contributed by atoms with van der Waals surface area (Å²) in [5, 5.41) is 5.66. The Bertz CT molecular complexity index is 708. The average Bonchev–Trinajstić information content (AvgIpc) is 2.65. The van der Waals surface area contributed by atoms with Crippen LogP contribution in [0.2, 0.25) is 0 Å². The van der Waals surface area contributed by atoms with E-state index in [-0.39, 0.29) is 18.2 Å². The summed E-state index contributed by atoms with van der Waals surface area (Å²) in [5.41, 5.74) is 1.86. The van der Waals surface area contributed by atoms with Gasteiger partial charge < -0.3 is 10.6 Å². The van der Waals surface area contributed by atoms with Crippen LogP contribution in [0.15, 0.2) is 48.9 Å². The van der Waals surface area contributed by atoms with E-state index < -0.39 is 6.04 Å². The summed E-state index contributed by atoms with van der Waals surface area (Å²) < 4.78 is 0. The van der Waals surface area contributed by atoms with E-state index in [9.17, 15) is 9.59 Å². The van der Waals surface area contributed by atoms with Crippen molar-refractivity contribution in [2.24, 2.45) is 0 Å². The van der Waals surface area contributed by atoms with Crippen LogP contribution in [0.5, 0.6) is 0 Å². The summed E-state index contributed by atoms with van der Waals surface area (Å²) in [6.45, 7) is 2.31. The topological polar surface area (TPSA) is 87.2 Å². The molecule has 1 atom stereocenters. The van der Waals surface area contributed by atoms with Crippen LogP contribution in [0, 0.1) is 0 Å². The molecular weight excluding hydrogens is 318 g/mol. The summed E-state index contributed by atoms with van der Waals surface area (Å²) in [4.78, 5) is 34.5. The Morgan fingerprint density at radius 3 is 2.88 bits per heavy atom. The maximum atomic E-state index is 12.3. The van der Waals surface area contributed by atoms with Gasteiger partial charge in [0.15, 0.2) is 0 Å². The van der Waals surface area contributed by atoms with Crippen molar-refractivity contribution >= 4 is 11.8 Å². The van der Waals surface area contributed by atoms with E-state index in [4.69, 9.17) is 0 Å².